The van der Waals surface area contributed by atoms with Crippen molar-refractivity contribution in [1.82, 2.24) is 16.0 Å². The molecular weight excluding hydrogens is 478 g/mol. The number of aliphatic hydroxyl groups excluding tert-OH is 1. The van der Waals surface area contributed by atoms with Crippen LogP contribution in [-0.4, -0.2) is 81.2 Å². The number of carboxylic acid groups (broad SMARTS) is 2. The molecular formula is C22H31N5O9. The van der Waals surface area contributed by atoms with Gasteiger partial charge in [0.05, 0.1) is 18.6 Å². The third-order valence-electron chi connectivity index (χ3n) is 5.00. The van der Waals surface area contributed by atoms with Crippen molar-refractivity contribution in [2.75, 3.05) is 0 Å². The molecule has 1 aromatic rings. The Kier molecular flexibility index (Phi) is 12.0. The summed E-state index contributed by atoms with van der Waals surface area (Å²) < 4.78 is 0. The van der Waals surface area contributed by atoms with Gasteiger partial charge in [-0.1, -0.05) is 30.3 Å². The number of rotatable bonds is 15. The number of nitrogens with one attached hydrogen (secondary N) is 3. The first kappa shape index (κ1) is 30.0. The number of aliphatic carboxylic acids is 2. The normalized spacial score (nSPS) is 14.9. The first-order valence-corrected chi connectivity index (χ1v) is 10.9. The maximum atomic E-state index is 12.8. The van der Waals surface area contributed by atoms with E-state index in [0.717, 1.165) is 5.56 Å². The highest BCUT2D eigenvalue weighted by Gasteiger charge is 2.33. The molecule has 10 N–H and O–H groups in total. The van der Waals surface area contributed by atoms with Crippen LogP contribution in [0.3, 0.4) is 0 Å². The maximum absolute atomic E-state index is 12.8. The molecule has 14 heteroatoms. The molecule has 0 aliphatic heterocycles. The number of benzene rings is 1. The third kappa shape index (κ3) is 10.5. The lowest BCUT2D eigenvalue weighted by atomic mass is 10.0. The average molecular weight is 510 g/mol. The van der Waals surface area contributed by atoms with Crippen LogP contribution >= 0.6 is 0 Å². The maximum Gasteiger partial charge on any atom is 0.326 e. The Morgan fingerprint density at radius 1 is 0.889 bits per heavy atom. The predicted octanol–water partition coefficient (Wildman–Crippen LogP) is -2.78. The largest absolute Gasteiger partial charge is 0.481 e. The van der Waals surface area contributed by atoms with Crippen LogP contribution in [0.5, 0.6) is 0 Å². The zero-order valence-corrected chi connectivity index (χ0v) is 19.5. The van der Waals surface area contributed by atoms with Gasteiger partial charge in [0.15, 0.2) is 0 Å². The molecule has 1 rings (SSSR count). The summed E-state index contributed by atoms with van der Waals surface area (Å²) in [6, 6.07) is 2.87. The highest BCUT2D eigenvalue weighted by atomic mass is 16.4. The molecule has 0 spiro atoms. The number of aliphatic hydroxyl groups is 1. The molecule has 4 amide bonds. The number of nitrogens with two attached hydrogens (primary N) is 2. The average Bonchev–Trinajstić information content (AvgIpc) is 2.79. The molecule has 0 aliphatic carbocycles. The molecule has 0 bridgehead atoms. The van der Waals surface area contributed by atoms with Crippen molar-refractivity contribution in [3.63, 3.8) is 0 Å². The van der Waals surface area contributed by atoms with Crippen molar-refractivity contribution in [1.29, 1.82) is 0 Å². The summed E-state index contributed by atoms with van der Waals surface area (Å²) >= 11 is 0. The molecule has 36 heavy (non-hydrogen) atoms. The number of hydrogen-bond acceptors (Lipinski definition) is 8. The van der Waals surface area contributed by atoms with E-state index in [1.54, 1.807) is 30.3 Å². The van der Waals surface area contributed by atoms with Crippen LogP contribution in [0, 0.1) is 0 Å². The minimum atomic E-state index is -1.72. The molecule has 0 radical (unpaired) electrons. The van der Waals surface area contributed by atoms with Gasteiger partial charge >= 0.3 is 11.9 Å². The van der Waals surface area contributed by atoms with Crippen molar-refractivity contribution >= 4 is 35.6 Å². The molecule has 198 valence electrons. The summed E-state index contributed by atoms with van der Waals surface area (Å²) in [6.45, 7) is 1.20. The van der Waals surface area contributed by atoms with Crippen LogP contribution < -0.4 is 27.4 Å². The predicted molar refractivity (Wildman–Crippen MR) is 124 cm³/mol. The minimum absolute atomic E-state index is 0.140. The van der Waals surface area contributed by atoms with Crippen LogP contribution in [-0.2, 0) is 35.2 Å². The molecule has 0 aliphatic rings. The summed E-state index contributed by atoms with van der Waals surface area (Å²) in [4.78, 5) is 71.3. The van der Waals surface area contributed by atoms with Crippen molar-refractivity contribution in [3.8, 4) is 0 Å². The Hall–Kier alpha value is -4.04. The van der Waals surface area contributed by atoms with Crippen LogP contribution in [0.15, 0.2) is 30.3 Å². The number of carboxylic acids is 2. The van der Waals surface area contributed by atoms with E-state index in [2.05, 4.69) is 10.6 Å². The van der Waals surface area contributed by atoms with Gasteiger partial charge in [-0.2, -0.15) is 0 Å². The van der Waals surface area contributed by atoms with E-state index in [4.69, 9.17) is 16.6 Å². The van der Waals surface area contributed by atoms with Gasteiger partial charge in [0, 0.05) is 6.42 Å². The van der Waals surface area contributed by atoms with Crippen molar-refractivity contribution < 1.29 is 44.1 Å². The number of primary amides is 1. The van der Waals surface area contributed by atoms with E-state index >= 15 is 0 Å². The molecule has 0 saturated carbocycles. The highest BCUT2D eigenvalue weighted by molar-refractivity contribution is 5.95. The Morgan fingerprint density at radius 3 is 1.97 bits per heavy atom. The van der Waals surface area contributed by atoms with E-state index in [1.807, 2.05) is 5.32 Å². The van der Waals surface area contributed by atoms with Gasteiger partial charge in [-0.25, -0.2) is 4.79 Å². The van der Waals surface area contributed by atoms with Gasteiger partial charge in [-0.15, -0.1) is 0 Å². The third-order valence-corrected chi connectivity index (χ3v) is 5.00. The van der Waals surface area contributed by atoms with E-state index in [0.29, 0.717) is 0 Å². The van der Waals surface area contributed by atoms with Gasteiger partial charge in [0.2, 0.25) is 23.6 Å². The van der Waals surface area contributed by atoms with Crippen molar-refractivity contribution in [2.45, 2.75) is 62.9 Å². The quantitative estimate of drug-likeness (QED) is 0.121. The van der Waals surface area contributed by atoms with E-state index < -0.39 is 85.1 Å². The van der Waals surface area contributed by atoms with Crippen LogP contribution in [0.25, 0.3) is 0 Å². The van der Waals surface area contributed by atoms with Crippen molar-refractivity contribution in [3.05, 3.63) is 35.9 Å². The lowest BCUT2D eigenvalue weighted by Crippen LogP contribution is -2.60. The monoisotopic (exact) mass is 509 g/mol. The Balaban J connectivity index is 2.96. The number of amides is 4. The summed E-state index contributed by atoms with van der Waals surface area (Å²) in [5.74, 6) is -6.81. The van der Waals surface area contributed by atoms with E-state index in [1.165, 1.54) is 6.92 Å². The molecule has 5 unspecified atom stereocenters. The fourth-order valence-corrected chi connectivity index (χ4v) is 3.10. The molecule has 1 aromatic carbocycles. The number of carbonyl (C=O) groups is 6. The van der Waals surface area contributed by atoms with Gasteiger partial charge < -0.3 is 42.7 Å². The van der Waals surface area contributed by atoms with Gasteiger partial charge in [-0.05, 0) is 25.3 Å². The Bertz CT molecular complexity index is 954. The van der Waals surface area contributed by atoms with E-state index in [9.17, 15) is 39.0 Å². The zero-order valence-electron chi connectivity index (χ0n) is 19.5. The molecule has 0 aromatic heterocycles. The fourth-order valence-electron chi connectivity index (χ4n) is 3.10. The second kappa shape index (κ2) is 14.4. The summed E-state index contributed by atoms with van der Waals surface area (Å²) in [7, 11) is 0. The van der Waals surface area contributed by atoms with Gasteiger partial charge in [-0.3, -0.25) is 24.0 Å². The standard InChI is InChI=1S/C22H31N5O9/c1-11(28)18(27-19(32)13(23)9-12-5-3-2-4-6-12)21(34)25-14(7-8-17(30)31)20(33)26-15(22(35)36)10-16(24)29/h2-6,11,13-15,18,28H,7-10,23H2,1H3,(H2,24,29)(H,25,34)(H,26,33)(H,27,32)(H,30,31)(H,35,36). The lowest BCUT2D eigenvalue weighted by molar-refractivity contribution is -0.144. The topological polar surface area (TPSA) is 251 Å². The lowest BCUT2D eigenvalue weighted by Gasteiger charge is -2.26. The molecule has 0 saturated heterocycles. The summed E-state index contributed by atoms with van der Waals surface area (Å²) in [5.41, 5.74) is 11.6. The first-order valence-electron chi connectivity index (χ1n) is 10.9. The smallest absolute Gasteiger partial charge is 0.326 e. The minimum Gasteiger partial charge on any atom is -0.481 e. The van der Waals surface area contributed by atoms with Crippen LogP contribution in [0.1, 0.15) is 31.7 Å². The molecule has 0 fully saturated rings. The Morgan fingerprint density at radius 2 is 1.47 bits per heavy atom. The van der Waals surface area contributed by atoms with E-state index in [-0.39, 0.29) is 6.42 Å². The van der Waals surface area contributed by atoms with Crippen LogP contribution in [0.2, 0.25) is 0 Å². The SMILES string of the molecule is CC(O)C(NC(=O)C(N)Cc1ccccc1)C(=O)NC(CCC(=O)O)C(=O)NC(CC(N)=O)C(=O)O. The second-order valence-corrected chi connectivity index (χ2v) is 8.09. The highest BCUT2D eigenvalue weighted by Crippen LogP contribution is 2.05. The summed E-state index contributed by atoms with van der Waals surface area (Å²) in [5, 5.41) is 34.7. The molecule has 0 heterocycles. The molecule has 14 nitrogen and oxygen atoms in total. The van der Waals surface area contributed by atoms with Gasteiger partial charge in [0.1, 0.15) is 18.1 Å². The zero-order chi connectivity index (χ0) is 27.4. The number of carbonyl (C=O) groups excluding carboxylic acids is 4. The molecule has 5 atom stereocenters. The Labute approximate surface area is 206 Å². The van der Waals surface area contributed by atoms with Crippen molar-refractivity contribution in [2.24, 2.45) is 11.5 Å². The summed E-state index contributed by atoms with van der Waals surface area (Å²) in [6.07, 6.45) is -3.08. The second-order valence-electron chi connectivity index (χ2n) is 8.09. The van der Waals surface area contributed by atoms with Gasteiger partial charge in [0.25, 0.3) is 0 Å². The fraction of sp³-hybridized carbons (Fsp3) is 0.455. The number of hydrogen-bond donors (Lipinski definition) is 8. The first-order chi connectivity index (χ1) is 16.8. The van der Waals surface area contributed by atoms with Crippen LogP contribution in [0.4, 0.5) is 0 Å².